The van der Waals surface area contributed by atoms with Crippen LogP contribution in [0.3, 0.4) is 0 Å². The highest BCUT2D eigenvalue weighted by Crippen LogP contribution is 2.37. The van der Waals surface area contributed by atoms with Crippen LogP contribution in [0.15, 0.2) is 18.2 Å². The summed E-state index contributed by atoms with van der Waals surface area (Å²) in [6.07, 6.45) is 0. The topological polar surface area (TPSA) is 124 Å². The molecule has 0 atom stereocenters. The Bertz CT molecular complexity index is 530. The quantitative estimate of drug-likeness (QED) is 0.300. The van der Waals surface area contributed by atoms with Crippen LogP contribution in [0, 0.1) is 5.41 Å². The number of carbonyl (C=O) groups excluding carboxylic acids is 2. The molecule has 1 aromatic rings. The molecule has 20 heavy (non-hydrogen) atoms. The van der Waals surface area contributed by atoms with E-state index in [4.69, 9.17) is 25.4 Å². The van der Waals surface area contributed by atoms with Gasteiger partial charge in [0.15, 0.2) is 17.5 Å². The zero-order valence-electron chi connectivity index (χ0n) is 11.1. The fourth-order valence-corrected chi connectivity index (χ4v) is 1.31. The number of nitrogens with one attached hydrogen (secondary N) is 2. The molecule has 0 amide bonds. The van der Waals surface area contributed by atoms with Crippen LogP contribution in [0.5, 0.6) is 17.2 Å². The van der Waals surface area contributed by atoms with Crippen molar-refractivity contribution >= 4 is 17.9 Å². The number of para-hydroxylation sites is 1. The van der Waals surface area contributed by atoms with Crippen molar-refractivity contribution in [3.63, 3.8) is 0 Å². The van der Waals surface area contributed by atoms with Crippen molar-refractivity contribution in [2.24, 2.45) is 5.73 Å². The number of methoxy groups -OCH3 is 1. The lowest BCUT2D eigenvalue weighted by Crippen LogP contribution is -2.36. The maximum Gasteiger partial charge on any atom is 0.330 e. The van der Waals surface area contributed by atoms with Gasteiger partial charge in [0.2, 0.25) is 5.75 Å². The van der Waals surface area contributed by atoms with E-state index in [1.165, 1.54) is 20.1 Å². The predicted molar refractivity (Wildman–Crippen MR) is 69.9 cm³/mol. The summed E-state index contributed by atoms with van der Waals surface area (Å²) in [4.78, 5) is 22.6. The Hall–Kier alpha value is -2.77. The van der Waals surface area contributed by atoms with Crippen LogP contribution in [0.25, 0.3) is 0 Å². The summed E-state index contributed by atoms with van der Waals surface area (Å²) in [5.74, 6) is -1.32. The monoisotopic (exact) mass is 281 g/mol. The first kappa shape index (κ1) is 15.3. The zero-order chi connectivity index (χ0) is 15.1. The van der Waals surface area contributed by atoms with E-state index >= 15 is 0 Å². The van der Waals surface area contributed by atoms with Gasteiger partial charge in [-0.15, -0.1) is 0 Å². The molecule has 0 saturated carbocycles. The van der Waals surface area contributed by atoms with E-state index in [0.29, 0.717) is 0 Å². The van der Waals surface area contributed by atoms with Crippen molar-refractivity contribution in [2.45, 2.75) is 6.92 Å². The molecular weight excluding hydrogens is 266 g/mol. The number of rotatable bonds is 5. The molecule has 8 heteroatoms. The SMILES string of the molecule is COc1cccc(OC(=O)CNC(=N)N)c1OC(C)=O. The lowest BCUT2D eigenvalue weighted by molar-refractivity contribution is -0.135. The third-order valence-electron chi connectivity index (χ3n) is 2.06. The molecule has 0 aliphatic carbocycles. The van der Waals surface area contributed by atoms with E-state index < -0.39 is 11.9 Å². The first-order chi connectivity index (χ1) is 9.43. The number of hydrogen-bond acceptors (Lipinski definition) is 6. The molecule has 0 heterocycles. The number of benzene rings is 1. The van der Waals surface area contributed by atoms with Crippen LogP contribution in [0.2, 0.25) is 0 Å². The molecule has 1 rings (SSSR count). The van der Waals surface area contributed by atoms with E-state index in [1.807, 2.05) is 0 Å². The van der Waals surface area contributed by atoms with Crippen LogP contribution < -0.4 is 25.3 Å². The number of esters is 2. The fraction of sp³-hybridized carbons (Fsp3) is 0.250. The van der Waals surface area contributed by atoms with Crippen LogP contribution >= 0.6 is 0 Å². The van der Waals surface area contributed by atoms with Gasteiger partial charge < -0.3 is 25.3 Å². The summed E-state index contributed by atoms with van der Waals surface area (Å²) in [5, 5.41) is 9.24. The van der Waals surface area contributed by atoms with Gasteiger partial charge in [0.1, 0.15) is 6.54 Å². The van der Waals surface area contributed by atoms with Gasteiger partial charge in [-0.25, -0.2) is 4.79 Å². The predicted octanol–water partition coefficient (Wildman–Crippen LogP) is 0.00897. The highest BCUT2D eigenvalue weighted by Gasteiger charge is 2.16. The molecule has 8 nitrogen and oxygen atoms in total. The lowest BCUT2D eigenvalue weighted by Gasteiger charge is -2.12. The third kappa shape index (κ3) is 4.48. The first-order valence-corrected chi connectivity index (χ1v) is 5.58. The Morgan fingerprint density at radius 3 is 2.50 bits per heavy atom. The molecule has 0 fully saturated rings. The molecule has 0 aliphatic rings. The Morgan fingerprint density at radius 2 is 1.95 bits per heavy atom. The number of nitrogens with two attached hydrogens (primary N) is 1. The number of guanidine groups is 1. The van der Waals surface area contributed by atoms with E-state index in [0.717, 1.165) is 0 Å². The molecule has 0 saturated heterocycles. The van der Waals surface area contributed by atoms with Crippen molar-refractivity contribution in [1.82, 2.24) is 5.32 Å². The van der Waals surface area contributed by atoms with Crippen LogP contribution in [-0.2, 0) is 9.59 Å². The fourth-order valence-electron chi connectivity index (χ4n) is 1.31. The summed E-state index contributed by atoms with van der Waals surface area (Å²) >= 11 is 0. The summed E-state index contributed by atoms with van der Waals surface area (Å²) in [7, 11) is 1.39. The molecular formula is C12H15N3O5. The number of carbonyl (C=O) groups is 2. The second-order valence-corrected chi connectivity index (χ2v) is 3.62. The molecule has 1 aromatic carbocycles. The van der Waals surface area contributed by atoms with E-state index in [1.54, 1.807) is 12.1 Å². The molecule has 0 aromatic heterocycles. The van der Waals surface area contributed by atoms with Crippen molar-refractivity contribution in [3.05, 3.63) is 18.2 Å². The highest BCUT2D eigenvalue weighted by atomic mass is 16.6. The van der Waals surface area contributed by atoms with Gasteiger partial charge >= 0.3 is 11.9 Å². The minimum atomic E-state index is -0.693. The van der Waals surface area contributed by atoms with Gasteiger partial charge in [0, 0.05) is 6.92 Å². The van der Waals surface area contributed by atoms with Crippen molar-refractivity contribution in [3.8, 4) is 17.2 Å². The van der Waals surface area contributed by atoms with E-state index in [9.17, 15) is 9.59 Å². The highest BCUT2D eigenvalue weighted by molar-refractivity contribution is 5.83. The molecule has 108 valence electrons. The number of hydrogen-bond donors (Lipinski definition) is 3. The van der Waals surface area contributed by atoms with Gasteiger partial charge in [-0.05, 0) is 12.1 Å². The van der Waals surface area contributed by atoms with E-state index in [-0.39, 0.29) is 29.8 Å². The molecule has 0 aliphatic heterocycles. The lowest BCUT2D eigenvalue weighted by atomic mass is 10.3. The molecule has 0 spiro atoms. The van der Waals surface area contributed by atoms with E-state index in [2.05, 4.69) is 5.32 Å². The van der Waals surface area contributed by atoms with Crippen LogP contribution in [0.4, 0.5) is 0 Å². The largest absolute Gasteiger partial charge is 0.493 e. The minimum Gasteiger partial charge on any atom is -0.493 e. The van der Waals surface area contributed by atoms with Gasteiger partial charge in [0.05, 0.1) is 7.11 Å². The standard InChI is InChI=1S/C12H15N3O5/c1-7(16)19-11-8(18-2)4-3-5-9(11)20-10(17)6-15-12(13)14/h3-5H,6H2,1-2H3,(H4,13,14,15). The zero-order valence-corrected chi connectivity index (χ0v) is 11.1. The molecule has 0 bridgehead atoms. The average Bonchev–Trinajstić information content (AvgIpc) is 2.37. The summed E-state index contributed by atoms with van der Waals surface area (Å²) in [6.45, 7) is 0.932. The normalized spacial score (nSPS) is 9.50. The maximum atomic E-state index is 11.5. The minimum absolute atomic E-state index is 0.0127. The Morgan fingerprint density at radius 1 is 1.30 bits per heavy atom. The maximum absolute atomic E-state index is 11.5. The van der Waals surface area contributed by atoms with Gasteiger partial charge in [0.25, 0.3) is 0 Å². The van der Waals surface area contributed by atoms with Crippen molar-refractivity contribution < 1.29 is 23.8 Å². The third-order valence-corrected chi connectivity index (χ3v) is 2.06. The summed E-state index contributed by atoms with van der Waals surface area (Å²) in [5.41, 5.74) is 5.05. The van der Waals surface area contributed by atoms with Gasteiger partial charge in [-0.2, -0.15) is 0 Å². The average molecular weight is 281 g/mol. The van der Waals surface area contributed by atoms with Crippen LogP contribution in [-0.4, -0.2) is 31.6 Å². The summed E-state index contributed by atoms with van der Waals surface area (Å²) in [6, 6.07) is 4.59. The number of ether oxygens (including phenoxy) is 3. The Balaban J connectivity index is 2.90. The Kier molecular flexibility index (Phi) is 5.33. The van der Waals surface area contributed by atoms with Gasteiger partial charge in [-0.1, -0.05) is 6.07 Å². The van der Waals surface area contributed by atoms with Crippen molar-refractivity contribution in [1.29, 1.82) is 5.41 Å². The van der Waals surface area contributed by atoms with Gasteiger partial charge in [-0.3, -0.25) is 10.2 Å². The van der Waals surface area contributed by atoms with Crippen molar-refractivity contribution in [2.75, 3.05) is 13.7 Å². The first-order valence-electron chi connectivity index (χ1n) is 5.58. The second kappa shape index (κ2) is 6.98. The molecule has 0 unspecified atom stereocenters. The molecule has 4 N–H and O–H groups in total. The summed E-state index contributed by atoms with van der Waals surface area (Å²) < 4.78 is 15.0. The Labute approximate surface area is 115 Å². The molecule has 0 radical (unpaired) electrons. The second-order valence-electron chi connectivity index (χ2n) is 3.62. The van der Waals surface area contributed by atoms with Crippen LogP contribution in [0.1, 0.15) is 6.92 Å². The smallest absolute Gasteiger partial charge is 0.330 e.